The van der Waals surface area contributed by atoms with Gasteiger partial charge in [0.1, 0.15) is 12.4 Å². The van der Waals surface area contributed by atoms with Gasteiger partial charge in [0, 0.05) is 23.3 Å². The van der Waals surface area contributed by atoms with Crippen molar-refractivity contribution in [3.05, 3.63) is 66.2 Å². The van der Waals surface area contributed by atoms with Crippen molar-refractivity contribution < 1.29 is 9.84 Å². The van der Waals surface area contributed by atoms with E-state index in [0.717, 1.165) is 16.3 Å². The number of benzene rings is 2. The molecule has 1 aromatic heterocycles. The molecule has 1 heterocycles. The van der Waals surface area contributed by atoms with Crippen molar-refractivity contribution in [2.24, 2.45) is 0 Å². The number of hydrogen-bond acceptors (Lipinski definition) is 4. The van der Waals surface area contributed by atoms with Crippen molar-refractivity contribution in [3.63, 3.8) is 0 Å². The van der Waals surface area contributed by atoms with Crippen LogP contribution in [0.25, 0.3) is 10.8 Å². The summed E-state index contributed by atoms with van der Waals surface area (Å²) in [6.45, 7) is 2.00. The Kier molecular flexibility index (Phi) is 3.79. The van der Waals surface area contributed by atoms with Gasteiger partial charge in [0.15, 0.2) is 5.82 Å². The molecule has 0 unspecified atom stereocenters. The zero-order valence-electron chi connectivity index (χ0n) is 11.7. The van der Waals surface area contributed by atoms with Crippen LogP contribution in [0.1, 0.15) is 24.4 Å². The third kappa shape index (κ3) is 2.85. The Morgan fingerprint density at radius 1 is 1.05 bits per heavy atom. The zero-order chi connectivity index (χ0) is 14.7. The molecule has 4 heteroatoms. The normalized spacial score (nSPS) is 12.3. The Hall–Kier alpha value is -2.46. The van der Waals surface area contributed by atoms with Gasteiger partial charge >= 0.3 is 0 Å². The SMILES string of the molecule is C[C@H](O)c1ccc2ccccc2c1OCc1ncccn1. The second-order valence-electron chi connectivity index (χ2n) is 4.83. The third-order valence-electron chi connectivity index (χ3n) is 3.32. The minimum Gasteiger partial charge on any atom is -0.485 e. The topological polar surface area (TPSA) is 55.2 Å². The second-order valence-corrected chi connectivity index (χ2v) is 4.83. The van der Waals surface area contributed by atoms with Crippen LogP contribution in [0.2, 0.25) is 0 Å². The van der Waals surface area contributed by atoms with Crippen LogP contribution in [0.5, 0.6) is 5.75 Å². The van der Waals surface area contributed by atoms with Crippen molar-refractivity contribution in [2.45, 2.75) is 19.6 Å². The van der Waals surface area contributed by atoms with Gasteiger partial charge in [-0.1, -0.05) is 36.4 Å². The van der Waals surface area contributed by atoms with Crippen LogP contribution in [0.15, 0.2) is 54.9 Å². The number of fused-ring (bicyclic) bond motifs is 1. The lowest BCUT2D eigenvalue weighted by molar-refractivity contribution is 0.190. The maximum atomic E-state index is 9.95. The Morgan fingerprint density at radius 2 is 1.81 bits per heavy atom. The number of hydrogen-bond donors (Lipinski definition) is 1. The summed E-state index contributed by atoms with van der Waals surface area (Å²) in [5.41, 5.74) is 0.768. The lowest BCUT2D eigenvalue weighted by Crippen LogP contribution is -2.04. The van der Waals surface area contributed by atoms with Crippen LogP contribution in [-0.4, -0.2) is 15.1 Å². The fourth-order valence-corrected chi connectivity index (χ4v) is 2.29. The van der Waals surface area contributed by atoms with Gasteiger partial charge in [-0.15, -0.1) is 0 Å². The second kappa shape index (κ2) is 5.89. The Balaban J connectivity index is 2.00. The lowest BCUT2D eigenvalue weighted by atomic mass is 10.0. The molecule has 3 aromatic rings. The molecule has 0 saturated carbocycles. The van der Waals surface area contributed by atoms with E-state index in [1.54, 1.807) is 25.4 Å². The number of aliphatic hydroxyl groups is 1. The van der Waals surface area contributed by atoms with E-state index in [0.29, 0.717) is 11.6 Å². The Morgan fingerprint density at radius 3 is 2.57 bits per heavy atom. The molecule has 1 atom stereocenters. The van der Waals surface area contributed by atoms with Crippen molar-refractivity contribution in [1.82, 2.24) is 9.97 Å². The van der Waals surface area contributed by atoms with E-state index >= 15 is 0 Å². The molecule has 21 heavy (non-hydrogen) atoms. The predicted molar refractivity (Wildman–Crippen MR) is 80.9 cm³/mol. The summed E-state index contributed by atoms with van der Waals surface area (Å²) in [6.07, 6.45) is 2.77. The quantitative estimate of drug-likeness (QED) is 0.797. The van der Waals surface area contributed by atoms with Gasteiger partial charge in [0.25, 0.3) is 0 Å². The van der Waals surface area contributed by atoms with Gasteiger partial charge in [-0.2, -0.15) is 0 Å². The molecule has 0 aliphatic rings. The highest BCUT2D eigenvalue weighted by Crippen LogP contribution is 2.33. The molecule has 0 aliphatic heterocycles. The Labute approximate surface area is 123 Å². The van der Waals surface area contributed by atoms with Crippen molar-refractivity contribution in [2.75, 3.05) is 0 Å². The van der Waals surface area contributed by atoms with Gasteiger partial charge in [0.05, 0.1) is 6.10 Å². The number of ether oxygens (including phenoxy) is 1. The lowest BCUT2D eigenvalue weighted by Gasteiger charge is -2.15. The first-order valence-electron chi connectivity index (χ1n) is 6.84. The van der Waals surface area contributed by atoms with Gasteiger partial charge in [-0.3, -0.25) is 0 Å². The predicted octanol–water partition coefficient (Wildman–Crippen LogP) is 3.26. The summed E-state index contributed by atoms with van der Waals surface area (Å²) in [5, 5.41) is 12.0. The highest BCUT2D eigenvalue weighted by Gasteiger charge is 2.13. The Bertz CT molecular complexity index is 742. The van der Waals surface area contributed by atoms with E-state index in [1.165, 1.54) is 0 Å². The molecular weight excluding hydrogens is 264 g/mol. The largest absolute Gasteiger partial charge is 0.485 e. The molecule has 0 amide bonds. The molecular formula is C17H16N2O2. The van der Waals surface area contributed by atoms with Crippen LogP contribution in [0.4, 0.5) is 0 Å². The molecule has 0 fully saturated rings. The number of rotatable bonds is 4. The standard InChI is InChI=1S/C17H16N2O2/c1-12(20)14-8-7-13-5-2-3-6-15(13)17(14)21-11-16-18-9-4-10-19-16/h2-10,12,20H,11H2,1H3/t12-/m0/s1. The maximum absolute atomic E-state index is 9.95. The van der Waals surface area contributed by atoms with Gasteiger partial charge in [0.2, 0.25) is 0 Å². The first-order chi connectivity index (χ1) is 10.3. The zero-order valence-corrected chi connectivity index (χ0v) is 11.7. The maximum Gasteiger partial charge on any atom is 0.166 e. The molecule has 1 N–H and O–H groups in total. The average Bonchev–Trinajstić information content (AvgIpc) is 2.53. The fourth-order valence-electron chi connectivity index (χ4n) is 2.29. The number of aliphatic hydroxyl groups excluding tert-OH is 1. The van der Waals surface area contributed by atoms with E-state index < -0.39 is 6.10 Å². The van der Waals surface area contributed by atoms with Crippen molar-refractivity contribution >= 4 is 10.8 Å². The van der Waals surface area contributed by atoms with Gasteiger partial charge in [-0.05, 0) is 18.4 Å². The summed E-state index contributed by atoms with van der Waals surface area (Å²) in [7, 11) is 0. The van der Waals surface area contributed by atoms with Crippen molar-refractivity contribution in [3.8, 4) is 5.75 Å². The van der Waals surface area contributed by atoms with Crippen LogP contribution in [0.3, 0.4) is 0 Å². The van der Waals surface area contributed by atoms with E-state index in [1.807, 2.05) is 36.4 Å². The van der Waals surface area contributed by atoms with E-state index in [2.05, 4.69) is 9.97 Å². The van der Waals surface area contributed by atoms with Crippen LogP contribution in [0, 0.1) is 0 Å². The summed E-state index contributed by atoms with van der Waals surface area (Å²) < 4.78 is 5.91. The number of aromatic nitrogens is 2. The minimum atomic E-state index is -0.596. The molecule has 0 saturated heterocycles. The summed E-state index contributed by atoms with van der Waals surface area (Å²) >= 11 is 0. The summed E-state index contributed by atoms with van der Waals surface area (Å²) in [4.78, 5) is 8.30. The molecule has 0 spiro atoms. The average molecular weight is 280 g/mol. The minimum absolute atomic E-state index is 0.272. The molecule has 0 bridgehead atoms. The third-order valence-corrected chi connectivity index (χ3v) is 3.32. The van der Waals surface area contributed by atoms with E-state index in [4.69, 9.17) is 4.74 Å². The van der Waals surface area contributed by atoms with E-state index in [9.17, 15) is 5.11 Å². The molecule has 3 rings (SSSR count). The first kappa shape index (κ1) is 13.5. The summed E-state index contributed by atoms with van der Waals surface area (Å²) in [5.74, 6) is 1.30. The molecule has 106 valence electrons. The van der Waals surface area contributed by atoms with Crippen LogP contribution < -0.4 is 4.74 Å². The van der Waals surface area contributed by atoms with E-state index in [-0.39, 0.29) is 6.61 Å². The van der Waals surface area contributed by atoms with Crippen LogP contribution in [-0.2, 0) is 6.61 Å². The highest BCUT2D eigenvalue weighted by atomic mass is 16.5. The number of nitrogens with zero attached hydrogens (tertiary/aromatic N) is 2. The molecule has 0 radical (unpaired) electrons. The van der Waals surface area contributed by atoms with Gasteiger partial charge < -0.3 is 9.84 Å². The first-order valence-corrected chi connectivity index (χ1v) is 6.84. The highest BCUT2D eigenvalue weighted by molar-refractivity contribution is 5.89. The summed E-state index contributed by atoms with van der Waals surface area (Å²) in [6, 6.07) is 13.6. The smallest absolute Gasteiger partial charge is 0.166 e. The fraction of sp³-hybridized carbons (Fsp3) is 0.176. The molecule has 2 aromatic carbocycles. The van der Waals surface area contributed by atoms with Crippen LogP contribution >= 0.6 is 0 Å². The van der Waals surface area contributed by atoms with Gasteiger partial charge in [-0.25, -0.2) is 9.97 Å². The molecule has 0 aliphatic carbocycles. The molecule has 4 nitrogen and oxygen atoms in total. The van der Waals surface area contributed by atoms with Crippen molar-refractivity contribution in [1.29, 1.82) is 0 Å². The monoisotopic (exact) mass is 280 g/mol.